The lowest BCUT2D eigenvalue weighted by Crippen LogP contribution is -2.49. The van der Waals surface area contributed by atoms with Crippen molar-refractivity contribution in [1.29, 1.82) is 0 Å². The Hall–Kier alpha value is -2.67. The molecule has 0 bridgehead atoms. The molecule has 0 spiro atoms. The van der Waals surface area contributed by atoms with Crippen molar-refractivity contribution in [3.8, 4) is 0 Å². The average molecular weight is 424 g/mol. The summed E-state index contributed by atoms with van der Waals surface area (Å²) in [6.45, 7) is 12.1. The van der Waals surface area contributed by atoms with E-state index >= 15 is 0 Å². The molecule has 31 heavy (non-hydrogen) atoms. The highest BCUT2D eigenvalue weighted by atomic mass is 16.2. The van der Waals surface area contributed by atoms with E-state index in [2.05, 4.69) is 53.9 Å². The van der Waals surface area contributed by atoms with Crippen LogP contribution in [0.25, 0.3) is 0 Å². The van der Waals surface area contributed by atoms with Gasteiger partial charge in [-0.05, 0) is 56.9 Å². The highest BCUT2D eigenvalue weighted by molar-refractivity contribution is 5.92. The van der Waals surface area contributed by atoms with Crippen LogP contribution in [0.4, 0.5) is 10.5 Å². The van der Waals surface area contributed by atoms with Gasteiger partial charge in [-0.1, -0.05) is 12.1 Å². The number of aromatic nitrogens is 2. The number of aryl methyl sites for hydroxylation is 1. The van der Waals surface area contributed by atoms with E-state index in [9.17, 15) is 9.59 Å². The molecule has 2 aliphatic heterocycles. The Morgan fingerprint density at radius 3 is 2.32 bits per heavy atom. The largest absolute Gasteiger partial charge is 0.366 e. The number of hydrogen-bond acceptors (Lipinski definition) is 5. The van der Waals surface area contributed by atoms with E-state index in [-0.39, 0.29) is 11.8 Å². The van der Waals surface area contributed by atoms with Crippen molar-refractivity contribution in [3.05, 3.63) is 47.3 Å². The average Bonchev–Trinajstić information content (AvgIpc) is 3.37. The predicted octanol–water partition coefficient (Wildman–Crippen LogP) is 3.56. The lowest BCUT2D eigenvalue weighted by atomic mass is 10.1. The van der Waals surface area contributed by atoms with Crippen molar-refractivity contribution in [3.63, 3.8) is 0 Å². The second-order valence-electron chi connectivity index (χ2n) is 9.06. The molecule has 0 N–H and O–H groups in total. The van der Waals surface area contributed by atoms with Crippen LogP contribution in [-0.2, 0) is 6.54 Å². The molecular weight excluding hydrogens is 390 g/mol. The van der Waals surface area contributed by atoms with Crippen molar-refractivity contribution in [2.75, 3.05) is 31.1 Å². The molecule has 2 saturated heterocycles. The summed E-state index contributed by atoms with van der Waals surface area (Å²) < 4.78 is 1.28. The molecule has 7 nitrogen and oxygen atoms in total. The van der Waals surface area contributed by atoms with Gasteiger partial charge in [-0.15, -0.1) is 0 Å². The highest BCUT2D eigenvalue weighted by Crippen LogP contribution is 2.34. The first-order chi connectivity index (χ1) is 14.8. The Kier molecular flexibility index (Phi) is 6.14. The summed E-state index contributed by atoms with van der Waals surface area (Å²) >= 11 is 0. The number of carbonyl (C=O) groups is 2. The fraction of sp³-hybridized carbons (Fsp3) is 0.542. The lowest BCUT2D eigenvalue weighted by molar-refractivity contribution is 0.101. The Morgan fingerprint density at radius 2 is 1.71 bits per heavy atom. The van der Waals surface area contributed by atoms with Crippen LogP contribution >= 0.6 is 0 Å². The molecular formula is C24H33N5O2. The Bertz CT molecular complexity index is 951. The number of benzene rings is 1. The second kappa shape index (κ2) is 8.83. The Labute approximate surface area is 184 Å². The zero-order chi connectivity index (χ0) is 22.1. The zero-order valence-electron chi connectivity index (χ0n) is 19.0. The van der Waals surface area contributed by atoms with E-state index in [4.69, 9.17) is 0 Å². The molecule has 3 heterocycles. The summed E-state index contributed by atoms with van der Waals surface area (Å²) in [5.74, 6) is -0.132. The third-order valence-electron chi connectivity index (χ3n) is 6.65. The van der Waals surface area contributed by atoms with Crippen molar-refractivity contribution in [2.24, 2.45) is 0 Å². The van der Waals surface area contributed by atoms with Crippen LogP contribution in [0.3, 0.4) is 0 Å². The smallest absolute Gasteiger partial charge is 0.344 e. The lowest BCUT2D eigenvalue weighted by Gasteiger charge is -2.36. The van der Waals surface area contributed by atoms with Gasteiger partial charge < -0.3 is 9.80 Å². The molecule has 1 amide bonds. The van der Waals surface area contributed by atoms with Crippen LogP contribution < -0.4 is 4.90 Å². The van der Waals surface area contributed by atoms with Gasteiger partial charge in [-0.25, -0.2) is 4.79 Å². The van der Waals surface area contributed by atoms with E-state index in [1.807, 2.05) is 4.90 Å². The van der Waals surface area contributed by atoms with Gasteiger partial charge in [0.1, 0.15) is 5.69 Å². The third kappa shape index (κ3) is 4.51. The monoisotopic (exact) mass is 423 g/mol. The number of hydrogen-bond donors (Lipinski definition) is 0. The minimum absolute atomic E-state index is 0.132. The summed E-state index contributed by atoms with van der Waals surface area (Å²) in [7, 11) is 0. The van der Waals surface area contributed by atoms with E-state index in [1.54, 1.807) is 12.3 Å². The molecule has 0 saturated carbocycles. The topological polar surface area (TPSA) is 61.7 Å². The molecule has 2 aliphatic rings. The maximum absolute atomic E-state index is 12.7. The van der Waals surface area contributed by atoms with Gasteiger partial charge in [0.15, 0.2) is 5.78 Å². The number of rotatable bonds is 4. The van der Waals surface area contributed by atoms with Crippen LogP contribution in [0.1, 0.15) is 55.2 Å². The van der Waals surface area contributed by atoms with Crippen LogP contribution in [0.15, 0.2) is 30.5 Å². The molecule has 2 fully saturated rings. The van der Waals surface area contributed by atoms with Gasteiger partial charge in [-0.2, -0.15) is 9.78 Å². The van der Waals surface area contributed by atoms with Gasteiger partial charge in [0, 0.05) is 63.6 Å². The van der Waals surface area contributed by atoms with Gasteiger partial charge in [0.05, 0.1) is 0 Å². The van der Waals surface area contributed by atoms with E-state index < -0.39 is 0 Å². The number of carbonyl (C=O) groups excluding carboxylic acids is 2. The molecule has 0 aliphatic carbocycles. The summed E-state index contributed by atoms with van der Waals surface area (Å²) in [5.41, 5.74) is 4.35. The Morgan fingerprint density at radius 1 is 1.03 bits per heavy atom. The number of amides is 1. The van der Waals surface area contributed by atoms with Crippen molar-refractivity contribution in [2.45, 2.75) is 59.2 Å². The Balaban J connectivity index is 1.41. The molecule has 166 valence electrons. The number of Topliss-reactive ketones (excluding diaryl/α,β-unsaturated/α-hetero) is 1. The van der Waals surface area contributed by atoms with Crippen LogP contribution in [0.5, 0.6) is 0 Å². The molecule has 1 aromatic heterocycles. The van der Waals surface area contributed by atoms with Crippen molar-refractivity contribution >= 4 is 17.5 Å². The highest BCUT2D eigenvalue weighted by Gasteiger charge is 2.30. The summed E-state index contributed by atoms with van der Waals surface area (Å²) in [6, 6.07) is 9.37. The van der Waals surface area contributed by atoms with Crippen molar-refractivity contribution in [1.82, 2.24) is 19.6 Å². The van der Waals surface area contributed by atoms with Gasteiger partial charge >= 0.3 is 6.03 Å². The molecule has 4 rings (SSSR count). The van der Waals surface area contributed by atoms with Crippen LogP contribution in [-0.4, -0.2) is 69.7 Å². The van der Waals surface area contributed by atoms with Gasteiger partial charge in [0.2, 0.25) is 0 Å². The second-order valence-corrected chi connectivity index (χ2v) is 9.06. The summed E-state index contributed by atoms with van der Waals surface area (Å²) in [6.07, 6.45) is 4.06. The number of ketones is 1. The first kappa shape index (κ1) is 21.6. The minimum Gasteiger partial charge on any atom is -0.366 e. The summed E-state index contributed by atoms with van der Waals surface area (Å²) in [5, 5.41) is 4.11. The van der Waals surface area contributed by atoms with Crippen LogP contribution in [0.2, 0.25) is 0 Å². The minimum atomic E-state index is -0.164. The quantitative estimate of drug-likeness (QED) is 0.704. The number of anilines is 1. The maximum atomic E-state index is 12.7. The fourth-order valence-corrected chi connectivity index (χ4v) is 4.82. The molecule has 2 aromatic rings. The molecule has 0 unspecified atom stereocenters. The third-order valence-corrected chi connectivity index (χ3v) is 6.65. The first-order valence-electron chi connectivity index (χ1n) is 11.3. The molecule has 1 aromatic carbocycles. The SMILES string of the molecule is CC(=O)c1ccn(C(=O)N2CCN(Cc3ccc(C)cc3N3[C@H](C)CC[C@@H]3C)CC2)n1. The van der Waals surface area contributed by atoms with E-state index in [0.29, 0.717) is 30.9 Å². The van der Waals surface area contributed by atoms with Crippen molar-refractivity contribution < 1.29 is 9.59 Å². The van der Waals surface area contributed by atoms with Gasteiger partial charge in [-0.3, -0.25) is 9.69 Å². The standard InChI is InChI=1S/C24H33N5O2/c1-17-5-8-21(23(15-17)29-18(2)6-7-19(29)3)16-26-11-13-27(14-12-26)24(31)28-10-9-22(25-28)20(4)30/h5,8-10,15,18-19H,6-7,11-14,16H2,1-4H3/t18-,19+. The van der Waals surface area contributed by atoms with Gasteiger partial charge in [0.25, 0.3) is 0 Å². The number of nitrogens with zero attached hydrogens (tertiary/aromatic N) is 5. The molecule has 7 heteroatoms. The van der Waals surface area contributed by atoms with E-state index in [0.717, 1.165) is 19.6 Å². The summed E-state index contributed by atoms with van der Waals surface area (Å²) in [4.78, 5) is 31.0. The molecule has 2 atom stereocenters. The zero-order valence-corrected chi connectivity index (χ0v) is 19.0. The fourth-order valence-electron chi connectivity index (χ4n) is 4.82. The first-order valence-corrected chi connectivity index (χ1v) is 11.3. The molecule has 0 radical (unpaired) electrons. The van der Waals surface area contributed by atoms with E-state index in [1.165, 1.54) is 41.3 Å². The predicted molar refractivity (Wildman–Crippen MR) is 122 cm³/mol. The number of piperazine rings is 1. The maximum Gasteiger partial charge on any atom is 0.344 e. The van der Waals surface area contributed by atoms with Crippen LogP contribution in [0, 0.1) is 6.92 Å². The normalized spacial score (nSPS) is 22.2.